The third kappa shape index (κ3) is 3.54. The summed E-state index contributed by atoms with van der Waals surface area (Å²) in [6.07, 6.45) is 1.56. The fraction of sp³-hybridized carbons (Fsp3) is 0.0357. The van der Waals surface area contributed by atoms with Crippen LogP contribution >= 0.6 is 23.2 Å². The van der Waals surface area contributed by atoms with Crippen LogP contribution in [0.2, 0.25) is 10.0 Å². The van der Waals surface area contributed by atoms with Crippen molar-refractivity contribution in [1.82, 2.24) is 9.55 Å². The average molecular weight is 515 g/mol. The van der Waals surface area contributed by atoms with Crippen molar-refractivity contribution in [2.24, 2.45) is 0 Å². The molecule has 6 rings (SSSR count). The van der Waals surface area contributed by atoms with E-state index in [2.05, 4.69) is 0 Å². The second-order valence-corrected chi connectivity index (χ2v) is 9.02. The van der Waals surface area contributed by atoms with Gasteiger partial charge in [-0.1, -0.05) is 41.4 Å². The molecule has 0 unspecified atom stereocenters. The van der Waals surface area contributed by atoms with Gasteiger partial charge in [-0.2, -0.15) is 4.98 Å². The number of aromatic nitrogens is 2. The second-order valence-electron chi connectivity index (χ2n) is 8.20. The van der Waals surface area contributed by atoms with Crippen LogP contribution in [-0.2, 0) is 0 Å². The SMILES string of the molecule is COc1ccc(-c2nc3c(cc(C=C4C(=O)c5cc(Cl)c(Cl)cc5C4=O)n3-c3ccccc3)o2)cc1. The van der Waals surface area contributed by atoms with Crippen LogP contribution in [-0.4, -0.2) is 28.2 Å². The number of para-hydroxylation sites is 1. The summed E-state index contributed by atoms with van der Waals surface area (Å²) in [5, 5.41) is 0.441. The van der Waals surface area contributed by atoms with Gasteiger partial charge in [-0.05, 0) is 54.6 Å². The number of ketones is 2. The Bertz CT molecular complexity index is 1670. The number of carbonyl (C=O) groups is 2. The molecule has 0 fully saturated rings. The fourth-order valence-corrected chi connectivity index (χ4v) is 4.63. The van der Waals surface area contributed by atoms with Crippen LogP contribution < -0.4 is 4.74 Å². The summed E-state index contributed by atoms with van der Waals surface area (Å²) in [7, 11) is 1.61. The van der Waals surface area contributed by atoms with E-state index in [0.29, 0.717) is 22.8 Å². The molecular formula is C28H16Cl2N2O4. The van der Waals surface area contributed by atoms with Crippen molar-refractivity contribution in [3.63, 3.8) is 0 Å². The number of rotatable bonds is 4. The average Bonchev–Trinajstić information content (AvgIpc) is 3.52. The molecule has 5 aromatic rings. The molecule has 6 nitrogen and oxygen atoms in total. The first kappa shape index (κ1) is 22.3. The number of nitrogens with zero attached hydrogens (tertiary/aromatic N) is 2. The molecule has 1 aliphatic rings. The summed E-state index contributed by atoms with van der Waals surface area (Å²) >= 11 is 12.2. The highest BCUT2D eigenvalue weighted by atomic mass is 35.5. The molecule has 0 amide bonds. The van der Waals surface area contributed by atoms with Crippen LogP contribution in [0, 0.1) is 0 Å². The number of carbonyl (C=O) groups excluding carboxylic acids is 2. The zero-order chi connectivity index (χ0) is 25.0. The normalized spacial score (nSPS) is 12.9. The standard InChI is InChI=1S/C28H16Cl2N2O4/c1-35-18-9-7-15(8-10-18)28-31-27-24(36-28)12-17(32(27)16-5-3-2-4-6-16)11-21-25(33)19-13-22(29)23(30)14-20(19)26(21)34/h2-14H,1H3. The first-order chi connectivity index (χ1) is 17.4. The number of methoxy groups -OCH3 is 1. The van der Waals surface area contributed by atoms with E-state index in [1.165, 1.54) is 12.1 Å². The van der Waals surface area contributed by atoms with Crippen LogP contribution in [0.3, 0.4) is 0 Å². The van der Waals surface area contributed by atoms with Gasteiger partial charge in [0.2, 0.25) is 5.89 Å². The largest absolute Gasteiger partial charge is 0.497 e. The Morgan fingerprint density at radius 2 is 1.53 bits per heavy atom. The van der Waals surface area contributed by atoms with Gasteiger partial charge in [-0.15, -0.1) is 0 Å². The van der Waals surface area contributed by atoms with Crippen LogP contribution in [0.1, 0.15) is 26.4 Å². The zero-order valence-electron chi connectivity index (χ0n) is 18.8. The van der Waals surface area contributed by atoms with Crippen molar-refractivity contribution >= 4 is 52.1 Å². The van der Waals surface area contributed by atoms with Gasteiger partial charge >= 0.3 is 0 Å². The molecule has 3 aromatic carbocycles. The Morgan fingerprint density at radius 3 is 2.14 bits per heavy atom. The molecule has 0 bridgehead atoms. The Balaban J connectivity index is 1.50. The highest BCUT2D eigenvalue weighted by Crippen LogP contribution is 2.36. The molecule has 0 saturated carbocycles. The number of halogens is 2. The molecule has 0 N–H and O–H groups in total. The molecule has 0 saturated heterocycles. The number of ether oxygens (including phenoxy) is 1. The molecule has 1 aliphatic carbocycles. The lowest BCUT2D eigenvalue weighted by Gasteiger charge is -2.07. The number of fused-ring (bicyclic) bond motifs is 2. The topological polar surface area (TPSA) is 74.3 Å². The van der Waals surface area contributed by atoms with Gasteiger partial charge in [-0.3, -0.25) is 14.2 Å². The van der Waals surface area contributed by atoms with E-state index in [-0.39, 0.29) is 26.7 Å². The van der Waals surface area contributed by atoms with Gasteiger partial charge in [0.05, 0.1) is 28.4 Å². The van der Waals surface area contributed by atoms with E-state index in [9.17, 15) is 9.59 Å². The van der Waals surface area contributed by atoms with E-state index >= 15 is 0 Å². The molecule has 0 atom stereocenters. The van der Waals surface area contributed by atoms with E-state index in [1.54, 1.807) is 19.3 Å². The number of Topliss-reactive ketones (excluding diaryl/α,β-unsaturated/α-hetero) is 2. The number of oxazole rings is 1. The molecule has 0 aliphatic heterocycles. The van der Waals surface area contributed by atoms with Crippen molar-refractivity contribution < 1.29 is 18.7 Å². The highest BCUT2D eigenvalue weighted by Gasteiger charge is 2.34. The fourth-order valence-electron chi connectivity index (χ4n) is 4.31. The van der Waals surface area contributed by atoms with E-state index in [1.807, 2.05) is 59.2 Å². The van der Waals surface area contributed by atoms with Gasteiger partial charge in [0.1, 0.15) is 5.75 Å². The molecule has 0 radical (unpaired) electrons. The first-order valence-electron chi connectivity index (χ1n) is 11.0. The third-order valence-electron chi connectivity index (χ3n) is 6.07. The Morgan fingerprint density at radius 1 is 0.889 bits per heavy atom. The Kier molecular flexibility index (Phi) is 5.29. The zero-order valence-corrected chi connectivity index (χ0v) is 20.3. The smallest absolute Gasteiger partial charge is 0.228 e. The quantitative estimate of drug-likeness (QED) is 0.189. The third-order valence-corrected chi connectivity index (χ3v) is 6.79. The van der Waals surface area contributed by atoms with Crippen LogP contribution in [0.15, 0.2) is 82.8 Å². The van der Waals surface area contributed by atoms with Crippen LogP contribution in [0.25, 0.3) is 34.4 Å². The van der Waals surface area contributed by atoms with Crippen LogP contribution in [0.5, 0.6) is 5.75 Å². The summed E-state index contributed by atoms with van der Waals surface area (Å²) in [6, 6.07) is 21.5. The number of hydrogen-bond acceptors (Lipinski definition) is 5. The maximum atomic E-state index is 13.1. The highest BCUT2D eigenvalue weighted by molar-refractivity contribution is 6.46. The second kappa shape index (κ2) is 8.52. The number of benzene rings is 3. The Labute approximate surface area is 215 Å². The van der Waals surface area contributed by atoms with Crippen molar-refractivity contribution in [2.45, 2.75) is 0 Å². The first-order valence-corrected chi connectivity index (χ1v) is 11.7. The summed E-state index contributed by atoms with van der Waals surface area (Å²) in [6.45, 7) is 0. The van der Waals surface area contributed by atoms with Crippen LogP contribution in [0.4, 0.5) is 0 Å². The molecule has 0 spiro atoms. The maximum Gasteiger partial charge on any atom is 0.228 e. The molecule has 36 heavy (non-hydrogen) atoms. The van der Waals surface area contributed by atoms with Gasteiger partial charge in [0.25, 0.3) is 0 Å². The predicted octanol–water partition coefficient (Wildman–Crippen LogP) is 7.06. The summed E-state index contributed by atoms with van der Waals surface area (Å²) in [4.78, 5) is 31.0. The van der Waals surface area contributed by atoms with E-state index in [4.69, 9.17) is 37.3 Å². The number of allylic oxidation sites excluding steroid dienone is 1. The minimum atomic E-state index is -0.405. The molecule has 176 valence electrons. The lowest BCUT2D eigenvalue weighted by atomic mass is 10.1. The van der Waals surface area contributed by atoms with Crippen molar-refractivity contribution in [3.05, 3.63) is 105 Å². The summed E-state index contributed by atoms with van der Waals surface area (Å²) in [5.74, 6) is 0.360. The molecule has 2 aromatic heterocycles. The lowest BCUT2D eigenvalue weighted by molar-refractivity contribution is 0.0990. The molecular weight excluding hydrogens is 499 g/mol. The minimum Gasteiger partial charge on any atom is -0.497 e. The van der Waals surface area contributed by atoms with Crippen molar-refractivity contribution in [1.29, 1.82) is 0 Å². The van der Waals surface area contributed by atoms with Gasteiger partial charge < -0.3 is 9.15 Å². The summed E-state index contributed by atoms with van der Waals surface area (Å²) in [5.41, 5.74) is 3.73. The molecule has 2 heterocycles. The van der Waals surface area contributed by atoms with Crippen molar-refractivity contribution in [3.8, 4) is 22.9 Å². The summed E-state index contributed by atoms with van der Waals surface area (Å²) < 4.78 is 13.2. The minimum absolute atomic E-state index is 0.0241. The van der Waals surface area contributed by atoms with E-state index < -0.39 is 11.6 Å². The lowest BCUT2D eigenvalue weighted by Crippen LogP contribution is -2.03. The number of hydrogen-bond donors (Lipinski definition) is 0. The van der Waals surface area contributed by atoms with E-state index in [0.717, 1.165) is 17.0 Å². The monoisotopic (exact) mass is 514 g/mol. The van der Waals surface area contributed by atoms with Gasteiger partial charge in [0, 0.05) is 28.4 Å². The predicted molar refractivity (Wildman–Crippen MR) is 138 cm³/mol. The molecule has 8 heteroatoms. The maximum absolute atomic E-state index is 13.1. The van der Waals surface area contributed by atoms with Crippen molar-refractivity contribution in [2.75, 3.05) is 7.11 Å². The Hall–Kier alpha value is -4.13. The van der Waals surface area contributed by atoms with Gasteiger partial charge in [-0.25, -0.2) is 0 Å². The van der Waals surface area contributed by atoms with Gasteiger partial charge in [0.15, 0.2) is 22.8 Å².